The van der Waals surface area contributed by atoms with E-state index in [1.54, 1.807) is 18.5 Å². The maximum absolute atomic E-state index is 11.3. The number of nitrogens with one attached hydrogen (secondary N) is 1. The lowest BCUT2D eigenvalue weighted by molar-refractivity contribution is 0.0697. The van der Waals surface area contributed by atoms with E-state index in [2.05, 4.69) is 15.3 Å². The molecule has 20 heavy (non-hydrogen) atoms. The molecule has 0 atom stereocenters. The molecule has 5 heteroatoms. The van der Waals surface area contributed by atoms with E-state index in [0.29, 0.717) is 12.4 Å². The van der Waals surface area contributed by atoms with E-state index in [1.807, 2.05) is 12.1 Å². The molecule has 0 spiro atoms. The van der Waals surface area contributed by atoms with Crippen molar-refractivity contribution in [1.29, 1.82) is 0 Å². The van der Waals surface area contributed by atoms with Gasteiger partial charge < -0.3 is 10.4 Å². The van der Waals surface area contributed by atoms with Gasteiger partial charge in [-0.05, 0) is 42.5 Å². The Hall–Kier alpha value is -2.43. The van der Waals surface area contributed by atoms with Gasteiger partial charge in [-0.3, -0.25) is 4.98 Å². The van der Waals surface area contributed by atoms with Crippen LogP contribution in [0.4, 0.5) is 5.82 Å². The monoisotopic (exact) mass is 269 g/mol. The standard InChI is InChI=1S/C15H15N3O2/c19-15(20)12-7-11-4-1-5-13(11)18-14(12)17-9-10-3-2-6-16-8-10/h2-3,6-8H,1,4-5,9H2,(H,17,18)(H,19,20). The van der Waals surface area contributed by atoms with Crippen LogP contribution < -0.4 is 5.32 Å². The number of carboxylic acids is 1. The summed E-state index contributed by atoms with van der Waals surface area (Å²) in [6, 6.07) is 5.54. The van der Waals surface area contributed by atoms with Gasteiger partial charge >= 0.3 is 5.97 Å². The smallest absolute Gasteiger partial charge is 0.339 e. The molecule has 1 aliphatic carbocycles. The van der Waals surface area contributed by atoms with E-state index in [0.717, 1.165) is 36.1 Å². The Morgan fingerprint density at radius 3 is 3.05 bits per heavy atom. The largest absolute Gasteiger partial charge is 0.478 e. The molecule has 0 radical (unpaired) electrons. The number of aromatic carboxylic acids is 1. The van der Waals surface area contributed by atoms with Gasteiger partial charge in [0.1, 0.15) is 11.4 Å². The van der Waals surface area contributed by atoms with Gasteiger partial charge in [-0.1, -0.05) is 6.07 Å². The summed E-state index contributed by atoms with van der Waals surface area (Å²) in [7, 11) is 0. The minimum Gasteiger partial charge on any atom is -0.478 e. The van der Waals surface area contributed by atoms with Gasteiger partial charge in [0.2, 0.25) is 0 Å². The highest BCUT2D eigenvalue weighted by atomic mass is 16.4. The molecule has 2 N–H and O–H groups in total. The summed E-state index contributed by atoms with van der Waals surface area (Å²) in [6.45, 7) is 0.514. The van der Waals surface area contributed by atoms with Crippen LogP contribution in [0, 0.1) is 0 Å². The molecule has 3 rings (SSSR count). The van der Waals surface area contributed by atoms with Crippen molar-refractivity contribution in [2.24, 2.45) is 0 Å². The van der Waals surface area contributed by atoms with Crippen molar-refractivity contribution >= 4 is 11.8 Å². The molecule has 0 fully saturated rings. The predicted octanol–water partition coefficient (Wildman–Crippen LogP) is 2.28. The van der Waals surface area contributed by atoms with Gasteiger partial charge in [0.25, 0.3) is 0 Å². The molecule has 0 unspecified atom stereocenters. The number of aryl methyl sites for hydroxylation is 2. The Bertz CT molecular complexity index is 641. The third kappa shape index (κ3) is 2.47. The highest BCUT2D eigenvalue weighted by molar-refractivity contribution is 5.93. The van der Waals surface area contributed by atoms with E-state index in [1.165, 1.54) is 0 Å². The molecule has 0 aromatic carbocycles. The number of nitrogens with zero attached hydrogens (tertiary/aromatic N) is 2. The van der Waals surface area contributed by atoms with Crippen LogP contribution in [0.1, 0.15) is 33.6 Å². The van der Waals surface area contributed by atoms with Crippen molar-refractivity contribution in [2.75, 3.05) is 5.32 Å². The van der Waals surface area contributed by atoms with Crippen molar-refractivity contribution in [2.45, 2.75) is 25.8 Å². The first-order valence-electron chi connectivity index (χ1n) is 6.63. The number of fused-ring (bicyclic) bond motifs is 1. The molecule has 5 nitrogen and oxygen atoms in total. The quantitative estimate of drug-likeness (QED) is 0.890. The average molecular weight is 269 g/mol. The number of carbonyl (C=O) groups is 1. The van der Waals surface area contributed by atoms with Gasteiger partial charge in [0, 0.05) is 24.6 Å². The minimum absolute atomic E-state index is 0.245. The Kier molecular flexibility index (Phi) is 3.33. The number of hydrogen-bond acceptors (Lipinski definition) is 4. The predicted molar refractivity (Wildman–Crippen MR) is 74.8 cm³/mol. The number of hydrogen-bond donors (Lipinski definition) is 2. The second-order valence-corrected chi connectivity index (χ2v) is 4.86. The van der Waals surface area contributed by atoms with E-state index in [9.17, 15) is 9.90 Å². The second-order valence-electron chi connectivity index (χ2n) is 4.86. The van der Waals surface area contributed by atoms with Crippen LogP contribution in [0.25, 0.3) is 0 Å². The average Bonchev–Trinajstić information content (AvgIpc) is 2.92. The second kappa shape index (κ2) is 5.28. The summed E-state index contributed by atoms with van der Waals surface area (Å²) < 4.78 is 0. The minimum atomic E-state index is -0.944. The van der Waals surface area contributed by atoms with Crippen molar-refractivity contribution in [3.63, 3.8) is 0 Å². The Labute approximate surface area is 116 Å². The summed E-state index contributed by atoms with van der Waals surface area (Å²) in [5, 5.41) is 12.4. The van der Waals surface area contributed by atoms with Crippen molar-refractivity contribution in [3.05, 3.63) is 53.0 Å². The van der Waals surface area contributed by atoms with E-state index in [4.69, 9.17) is 0 Å². The van der Waals surface area contributed by atoms with Gasteiger partial charge in [0.05, 0.1) is 0 Å². The molecular formula is C15H15N3O2. The molecule has 102 valence electrons. The molecule has 0 saturated carbocycles. The van der Waals surface area contributed by atoms with Crippen LogP contribution in [0.5, 0.6) is 0 Å². The Morgan fingerprint density at radius 2 is 2.30 bits per heavy atom. The molecule has 0 saturated heterocycles. The molecule has 2 heterocycles. The first-order valence-corrected chi connectivity index (χ1v) is 6.63. The third-order valence-corrected chi connectivity index (χ3v) is 3.46. The molecule has 1 aliphatic rings. The summed E-state index contributed by atoms with van der Waals surface area (Å²) in [6.07, 6.45) is 6.36. The van der Waals surface area contributed by atoms with Gasteiger partial charge in [-0.2, -0.15) is 0 Å². The number of pyridine rings is 2. The summed E-state index contributed by atoms with van der Waals surface area (Å²) >= 11 is 0. The molecular weight excluding hydrogens is 254 g/mol. The molecule has 0 aliphatic heterocycles. The van der Waals surface area contributed by atoms with Crippen LogP contribution in [0.3, 0.4) is 0 Å². The zero-order valence-electron chi connectivity index (χ0n) is 11.0. The molecule has 0 bridgehead atoms. The third-order valence-electron chi connectivity index (χ3n) is 3.46. The topological polar surface area (TPSA) is 75.1 Å². The maximum atomic E-state index is 11.3. The zero-order chi connectivity index (χ0) is 13.9. The highest BCUT2D eigenvalue weighted by Crippen LogP contribution is 2.25. The lowest BCUT2D eigenvalue weighted by Crippen LogP contribution is -2.10. The SMILES string of the molecule is O=C(O)c1cc2c(nc1NCc1cccnc1)CCC2. The summed E-state index contributed by atoms with van der Waals surface area (Å²) in [4.78, 5) is 19.9. The first-order chi connectivity index (χ1) is 9.74. The lowest BCUT2D eigenvalue weighted by Gasteiger charge is -2.11. The molecule has 2 aromatic heterocycles. The summed E-state index contributed by atoms with van der Waals surface area (Å²) in [5.74, 6) is -0.497. The highest BCUT2D eigenvalue weighted by Gasteiger charge is 2.19. The first kappa shape index (κ1) is 12.6. The van der Waals surface area contributed by atoms with Gasteiger partial charge in [-0.15, -0.1) is 0 Å². The number of rotatable bonds is 4. The molecule has 0 amide bonds. The van der Waals surface area contributed by atoms with Crippen LogP contribution in [-0.4, -0.2) is 21.0 Å². The van der Waals surface area contributed by atoms with E-state index in [-0.39, 0.29) is 5.56 Å². The van der Waals surface area contributed by atoms with E-state index < -0.39 is 5.97 Å². The lowest BCUT2D eigenvalue weighted by atomic mass is 10.1. The van der Waals surface area contributed by atoms with Crippen molar-refractivity contribution in [1.82, 2.24) is 9.97 Å². The number of carboxylic acid groups (broad SMARTS) is 1. The fourth-order valence-electron chi connectivity index (χ4n) is 2.46. The zero-order valence-corrected chi connectivity index (χ0v) is 11.0. The van der Waals surface area contributed by atoms with Crippen LogP contribution in [0.2, 0.25) is 0 Å². The van der Waals surface area contributed by atoms with Gasteiger partial charge in [0.15, 0.2) is 0 Å². The van der Waals surface area contributed by atoms with Crippen molar-refractivity contribution in [3.8, 4) is 0 Å². The summed E-state index contributed by atoms with van der Waals surface area (Å²) in [5.41, 5.74) is 3.32. The van der Waals surface area contributed by atoms with Gasteiger partial charge in [-0.25, -0.2) is 9.78 Å². The maximum Gasteiger partial charge on any atom is 0.339 e. The van der Waals surface area contributed by atoms with E-state index >= 15 is 0 Å². The van der Waals surface area contributed by atoms with Crippen LogP contribution >= 0.6 is 0 Å². The number of aromatic nitrogens is 2. The van der Waals surface area contributed by atoms with Crippen molar-refractivity contribution < 1.29 is 9.90 Å². The van der Waals surface area contributed by atoms with Crippen LogP contribution in [0.15, 0.2) is 30.6 Å². The number of anilines is 1. The fourth-order valence-corrected chi connectivity index (χ4v) is 2.46. The van der Waals surface area contributed by atoms with Crippen LogP contribution in [-0.2, 0) is 19.4 Å². The Morgan fingerprint density at radius 1 is 1.40 bits per heavy atom. The fraction of sp³-hybridized carbons (Fsp3) is 0.267. The molecule has 2 aromatic rings. The normalized spacial score (nSPS) is 13.0. The Balaban J connectivity index is 1.86.